The van der Waals surface area contributed by atoms with Crippen LogP contribution in [0.25, 0.3) is 0 Å². The molecule has 1 N–H and O–H groups in total. The van der Waals surface area contributed by atoms with Crippen molar-refractivity contribution < 1.29 is 9.59 Å². The maximum atomic E-state index is 13.6. The normalized spacial score (nSPS) is 18.8. The first kappa shape index (κ1) is 20.8. The van der Waals surface area contributed by atoms with Gasteiger partial charge in [0, 0.05) is 36.1 Å². The highest BCUT2D eigenvalue weighted by Gasteiger charge is 2.37. The fourth-order valence-corrected chi connectivity index (χ4v) is 5.74. The number of nitrogens with one attached hydrogen (secondary N) is 1. The summed E-state index contributed by atoms with van der Waals surface area (Å²) in [5.41, 5.74) is 3.22. The summed E-state index contributed by atoms with van der Waals surface area (Å²) in [7, 11) is 0. The summed E-state index contributed by atoms with van der Waals surface area (Å²) in [4.78, 5) is 31.5. The fraction of sp³-hybridized carbons (Fsp3) is 0.308. The Bertz CT molecular complexity index is 1070. The van der Waals surface area contributed by atoms with Crippen molar-refractivity contribution >= 4 is 29.0 Å². The molecule has 3 amide bonds. The third-order valence-corrected chi connectivity index (χ3v) is 7.52. The lowest BCUT2D eigenvalue weighted by molar-refractivity contribution is -0.139. The van der Waals surface area contributed by atoms with Crippen LogP contribution >= 0.6 is 11.3 Å². The molecule has 0 radical (unpaired) electrons. The number of piperidine rings is 1. The van der Waals surface area contributed by atoms with Gasteiger partial charge in [-0.3, -0.25) is 4.79 Å². The number of nitrogens with zero attached hydrogens (tertiary/aromatic N) is 2. The molecule has 5 nitrogen and oxygen atoms in total. The molecule has 0 bridgehead atoms. The Morgan fingerprint density at radius 1 is 0.875 bits per heavy atom. The van der Waals surface area contributed by atoms with Crippen LogP contribution in [0, 0.1) is 5.92 Å². The van der Waals surface area contributed by atoms with Gasteiger partial charge in [0.05, 0.1) is 6.04 Å². The third kappa shape index (κ3) is 4.15. The molecular formula is C26H27N3O2S. The molecule has 0 aliphatic carbocycles. The summed E-state index contributed by atoms with van der Waals surface area (Å²) < 4.78 is 0. The zero-order valence-corrected chi connectivity index (χ0v) is 18.8. The van der Waals surface area contributed by atoms with Crippen LogP contribution in [0.1, 0.15) is 34.9 Å². The maximum Gasteiger partial charge on any atom is 0.321 e. The number of thiophene rings is 1. The van der Waals surface area contributed by atoms with Crippen LogP contribution in [0.3, 0.4) is 0 Å². The zero-order chi connectivity index (χ0) is 21.9. The molecule has 2 aromatic carbocycles. The number of amides is 3. The van der Waals surface area contributed by atoms with E-state index in [4.69, 9.17) is 0 Å². The van der Waals surface area contributed by atoms with Crippen LogP contribution in [0.5, 0.6) is 0 Å². The molecule has 0 unspecified atom stereocenters. The van der Waals surface area contributed by atoms with Crippen LogP contribution in [0.4, 0.5) is 10.5 Å². The highest BCUT2D eigenvalue weighted by Crippen LogP contribution is 2.39. The fourth-order valence-electron chi connectivity index (χ4n) is 4.84. The molecule has 2 aliphatic heterocycles. The number of hydrogen-bond donors (Lipinski definition) is 1. The van der Waals surface area contributed by atoms with E-state index >= 15 is 0 Å². The Labute approximate surface area is 192 Å². The second-order valence-electron chi connectivity index (χ2n) is 8.45. The van der Waals surface area contributed by atoms with Crippen molar-refractivity contribution in [2.24, 2.45) is 5.92 Å². The van der Waals surface area contributed by atoms with E-state index in [1.54, 1.807) is 11.3 Å². The number of carbonyl (C=O) groups is 2. The van der Waals surface area contributed by atoms with Gasteiger partial charge in [0.2, 0.25) is 5.91 Å². The Kier molecular flexibility index (Phi) is 5.95. The Hall–Kier alpha value is -3.12. The molecule has 1 fully saturated rings. The number of fused-ring (bicyclic) bond motifs is 1. The summed E-state index contributed by atoms with van der Waals surface area (Å²) in [6.45, 7) is 1.95. The minimum atomic E-state index is -0.0925. The number of hydrogen-bond acceptors (Lipinski definition) is 3. The average Bonchev–Trinajstić information content (AvgIpc) is 3.33. The molecule has 1 saturated heterocycles. The second-order valence-corrected chi connectivity index (χ2v) is 9.45. The highest BCUT2D eigenvalue weighted by atomic mass is 32.1. The predicted molar refractivity (Wildman–Crippen MR) is 128 cm³/mol. The molecule has 5 rings (SSSR count). The molecular weight excluding hydrogens is 418 g/mol. The predicted octanol–water partition coefficient (Wildman–Crippen LogP) is 5.17. The molecule has 164 valence electrons. The van der Waals surface area contributed by atoms with Crippen molar-refractivity contribution in [3.8, 4) is 0 Å². The van der Waals surface area contributed by atoms with Gasteiger partial charge in [-0.15, -0.1) is 11.3 Å². The van der Waals surface area contributed by atoms with E-state index in [0.29, 0.717) is 25.9 Å². The van der Waals surface area contributed by atoms with Crippen molar-refractivity contribution in [2.75, 3.05) is 25.0 Å². The number of likely N-dealkylation sites (tertiary alicyclic amines) is 1. The molecule has 0 saturated carbocycles. The minimum Gasteiger partial charge on any atom is -0.331 e. The SMILES string of the molecule is O=C(Nc1ccccc1)N1CCC(C(=O)N2CCc3sccc3[C@H]2c2ccccc2)CC1. The lowest BCUT2D eigenvalue weighted by Crippen LogP contribution is -2.48. The molecule has 1 atom stereocenters. The second kappa shape index (κ2) is 9.17. The quantitative estimate of drug-likeness (QED) is 0.605. The van der Waals surface area contributed by atoms with Gasteiger partial charge in [-0.25, -0.2) is 4.79 Å². The third-order valence-electron chi connectivity index (χ3n) is 6.52. The summed E-state index contributed by atoms with van der Waals surface area (Å²) in [6.07, 6.45) is 2.32. The van der Waals surface area contributed by atoms with E-state index in [9.17, 15) is 9.59 Å². The van der Waals surface area contributed by atoms with Crippen molar-refractivity contribution in [3.05, 3.63) is 88.1 Å². The first-order valence-electron chi connectivity index (χ1n) is 11.2. The Morgan fingerprint density at radius 3 is 2.28 bits per heavy atom. The van der Waals surface area contributed by atoms with Gasteiger partial charge in [0.15, 0.2) is 0 Å². The lowest BCUT2D eigenvalue weighted by atomic mass is 9.89. The van der Waals surface area contributed by atoms with Crippen molar-refractivity contribution in [2.45, 2.75) is 25.3 Å². The van der Waals surface area contributed by atoms with Crippen molar-refractivity contribution in [1.82, 2.24) is 9.80 Å². The molecule has 0 spiro atoms. The number of rotatable bonds is 3. The maximum absolute atomic E-state index is 13.6. The first-order valence-corrected chi connectivity index (χ1v) is 12.1. The van der Waals surface area contributed by atoms with E-state index in [0.717, 1.165) is 18.7 Å². The number of benzene rings is 2. The van der Waals surface area contributed by atoms with Gasteiger partial charge in [0.1, 0.15) is 0 Å². The number of carbonyl (C=O) groups excluding carboxylic acids is 2. The van der Waals surface area contributed by atoms with Gasteiger partial charge >= 0.3 is 6.03 Å². The molecule has 32 heavy (non-hydrogen) atoms. The van der Waals surface area contributed by atoms with E-state index in [2.05, 4.69) is 33.8 Å². The summed E-state index contributed by atoms with van der Waals surface area (Å²) in [5.74, 6) is 0.181. The number of urea groups is 1. The molecule has 3 heterocycles. The van der Waals surface area contributed by atoms with Crippen LogP contribution in [0.2, 0.25) is 0 Å². The van der Waals surface area contributed by atoms with E-state index in [1.807, 2.05) is 53.4 Å². The van der Waals surface area contributed by atoms with Crippen LogP contribution in [0.15, 0.2) is 72.1 Å². The van der Waals surface area contributed by atoms with Crippen LogP contribution in [-0.2, 0) is 11.2 Å². The van der Waals surface area contributed by atoms with Crippen LogP contribution in [-0.4, -0.2) is 41.4 Å². The summed E-state index contributed by atoms with van der Waals surface area (Å²) in [6, 6.07) is 21.9. The van der Waals surface area contributed by atoms with E-state index < -0.39 is 0 Å². The summed E-state index contributed by atoms with van der Waals surface area (Å²) >= 11 is 1.79. The van der Waals surface area contributed by atoms with Crippen molar-refractivity contribution in [3.63, 3.8) is 0 Å². The zero-order valence-electron chi connectivity index (χ0n) is 17.9. The number of anilines is 1. The Balaban J connectivity index is 1.27. The standard InChI is InChI=1S/C26H27N3O2S/c30-25(20-11-15-28(16-12-20)26(31)27-21-9-5-2-6-10-21)29-17-13-23-22(14-18-32-23)24(29)19-7-3-1-4-8-19/h1-10,14,18,20,24H,11-13,15-17H2,(H,27,31)/t24-/m1/s1. The van der Waals surface area contributed by atoms with Crippen LogP contribution < -0.4 is 5.32 Å². The molecule has 2 aliphatic rings. The van der Waals surface area contributed by atoms with Gasteiger partial charge in [-0.05, 0) is 54.0 Å². The minimum absolute atomic E-state index is 0.0156. The van der Waals surface area contributed by atoms with Gasteiger partial charge in [-0.2, -0.15) is 0 Å². The number of para-hydroxylation sites is 1. The highest BCUT2D eigenvalue weighted by molar-refractivity contribution is 7.10. The average molecular weight is 446 g/mol. The van der Waals surface area contributed by atoms with Crippen molar-refractivity contribution in [1.29, 1.82) is 0 Å². The largest absolute Gasteiger partial charge is 0.331 e. The van der Waals surface area contributed by atoms with Gasteiger partial charge in [0.25, 0.3) is 0 Å². The molecule has 3 aromatic rings. The van der Waals surface area contributed by atoms with E-state index in [-0.39, 0.29) is 23.9 Å². The van der Waals surface area contributed by atoms with Gasteiger partial charge in [-0.1, -0.05) is 48.5 Å². The molecule has 1 aromatic heterocycles. The Morgan fingerprint density at radius 2 is 1.56 bits per heavy atom. The topological polar surface area (TPSA) is 52.7 Å². The molecule has 6 heteroatoms. The first-order chi connectivity index (χ1) is 15.7. The van der Waals surface area contributed by atoms with E-state index in [1.165, 1.54) is 16.0 Å². The smallest absolute Gasteiger partial charge is 0.321 e. The van der Waals surface area contributed by atoms with Gasteiger partial charge < -0.3 is 15.1 Å². The summed E-state index contributed by atoms with van der Waals surface area (Å²) in [5, 5.41) is 5.09. The monoisotopic (exact) mass is 445 g/mol. The lowest BCUT2D eigenvalue weighted by Gasteiger charge is -2.40.